The van der Waals surface area contributed by atoms with E-state index < -0.39 is 10.0 Å². The van der Waals surface area contributed by atoms with Crippen molar-refractivity contribution in [3.8, 4) is 11.5 Å². The quantitative estimate of drug-likeness (QED) is 0.613. The van der Waals surface area contributed by atoms with Gasteiger partial charge in [0.1, 0.15) is 18.1 Å². The Labute approximate surface area is 187 Å². The van der Waals surface area contributed by atoms with Crippen LogP contribution in [-0.2, 0) is 14.8 Å². The number of hydrogen-bond acceptors (Lipinski definition) is 5. The number of nitrogens with one attached hydrogen (secondary N) is 1. The first-order valence-electron chi connectivity index (χ1n) is 10.2. The summed E-state index contributed by atoms with van der Waals surface area (Å²) in [6.07, 6.45) is 0. The zero-order valence-corrected chi connectivity index (χ0v) is 18.7. The van der Waals surface area contributed by atoms with Crippen molar-refractivity contribution < 1.29 is 22.7 Å². The summed E-state index contributed by atoms with van der Waals surface area (Å²) < 4.78 is 39.1. The number of benzene rings is 3. The van der Waals surface area contributed by atoms with E-state index >= 15 is 0 Å². The Morgan fingerprint density at radius 2 is 1.78 bits per heavy atom. The van der Waals surface area contributed by atoms with Crippen molar-refractivity contribution in [3.63, 3.8) is 0 Å². The maximum absolute atomic E-state index is 12.7. The van der Waals surface area contributed by atoms with Gasteiger partial charge in [0.15, 0.2) is 6.61 Å². The Morgan fingerprint density at radius 1 is 1.03 bits per heavy atom. The minimum absolute atomic E-state index is 0.108. The van der Waals surface area contributed by atoms with Crippen LogP contribution in [0.4, 0.5) is 11.4 Å². The summed E-state index contributed by atoms with van der Waals surface area (Å²) in [7, 11) is -3.74. The standard InChI is InChI=1S/C24H24N2O5S/c1-17-7-8-19(15-18(17)2)25-32(28,29)21-11-9-20(10-12-21)31-16-24(27)26-13-14-30-23-6-4-3-5-22(23)26/h3-12,15,25H,13-14,16H2,1-2H3. The molecule has 0 aromatic heterocycles. The monoisotopic (exact) mass is 452 g/mol. The van der Waals surface area contributed by atoms with Crippen LogP contribution in [-0.4, -0.2) is 34.1 Å². The van der Waals surface area contributed by atoms with Crippen LogP contribution in [0.1, 0.15) is 11.1 Å². The van der Waals surface area contributed by atoms with E-state index in [4.69, 9.17) is 9.47 Å². The van der Waals surface area contributed by atoms with Crippen LogP contribution in [0, 0.1) is 13.8 Å². The molecular formula is C24H24N2O5S. The van der Waals surface area contributed by atoms with Gasteiger partial charge in [0.25, 0.3) is 15.9 Å². The van der Waals surface area contributed by atoms with Crippen LogP contribution >= 0.6 is 0 Å². The molecule has 7 nitrogen and oxygen atoms in total. The summed E-state index contributed by atoms with van der Waals surface area (Å²) >= 11 is 0. The topological polar surface area (TPSA) is 84.9 Å². The fraction of sp³-hybridized carbons (Fsp3) is 0.208. The van der Waals surface area contributed by atoms with Crippen molar-refractivity contribution >= 4 is 27.3 Å². The average Bonchev–Trinajstić information content (AvgIpc) is 2.79. The van der Waals surface area contributed by atoms with Crippen molar-refractivity contribution in [3.05, 3.63) is 77.9 Å². The summed E-state index contributed by atoms with van der Waals surface area (Å²) in [5.41, 5.74) is 3.31. The van der Waals surface area contributed by atoms with Crippen LogP contribution in [0.25, 0.3) is 0 Å². The van der Waals surface area contributed by atoms with Gasteiger partial charge in [-0.15, -0.1) is 0 Å². The lowest BCUT2D eigenvalue weighted by Gasteiger charge is -2.29. The second-order valence-corrected chi connectivity index (χ2v) is 9.21. The van der Waals surface area contributed by atoms with E-state index in [2.05, 4.69) is 4.72 Å². The summed E-state index contributed by atoms with van der Waals surface area (Å²) in [6, 6.07) is 18.7. The van der Waals surface area contributed by atoms with Gasteiger partial charge in [-0.3, -0.25) is 9.52 Å². The molecule has 3 aromatic carbocycles. The molecule has 0 fully saturated rings. The number of carbonyl (C=O) groups excluding carboxylic acids is 1. The number of fused-ring (bicyclic) bond motifs is 1. The number of anilines is 2. The third-order valence-corrected chi connectivity index (χ3v) is 6.68. The van der Waals surface area contributed by atoms with Gasteiger partial charge in [-0.05, 0) is 73.5 Å². The number of ether oxygens (including phenoxy) is 2. The summed E-state index contributed by atoms with van der Waals surface area (Å²) in [5.74, 6) is 0.872. The zero-order valence-electron chi connectivity index (χ0n) is 17.9. The van der Waals surface area contributed by atoms with Crippen LogP contribution in [0.3, 0.4) is 0 Å². The van der Waals surface area contributed by atoms with E-state index in [9.17, 15) is 13.2 Å². The molecule has 0 saturated carbocycles. The first kappa shape index (κ1) is 21.7. The Kier molecular flexibility index (Phi) is 6.05. The molecule has 4 rings (SSSR count). The second kappa shape index (κ2) is 8.92. The minimum atomic E-state index is -3.74. The van der Waals surface area contributed by atoms with Crippen LogP contribution in [0.5, 0.6) is 11.5 Å². The fourth-order valence-electron chi connectivity index (χ4n) is 3.39. The van der Waals surface area contributed by atoms with Crippen LogP contribution < -0.4 is 19.1 Å². The van der Waals surface area contributed by atoms with E-state index in [1.165, 1.54) is 24.3 Å². The molecule has 3 aromatic rings. The highest BCUT2D eigenvalue weighted by molar-refractivity contribution is 7.92. The number of carbonyl (C=O) groups is 1. The van der Waals surface area contributed by atoms with Crippen molar-refractivity contribution in [1.29, 1.82) is 0 Å². The maximum Gasteiger partial charge on any atom is 0.265 e. The normalized spacial score (nSPS) is 13.1. The Hall–Kier alpha value is -3.52. The molecule has 1 aliphatic heterocycles. The largest absolute Gasteiger partial charge is 0.490 e. The van der Waals surface area contributed by atoms with Crippen LogP contribution in [0.2, 0.25) is 0 Å². The number of hydrogen-bond donors (Lipinski definition) is 1. The van der Waals surface area contributed by atoms with Gasteiger partial charge < -0.3 is 14.4 Å². The van der Waals surface area contributed by atoms with E-state index in [0.29, 0.717) is 36.0 Å². The van der Waals surface area contributed by atoms with Crippen molar-refractivity contribution in [2.24, 2.45) is 0 Å². The highest BCUT2D eigenvalue weighted by Gasteiger charge is 2.23. The van der Waals surface area contributed by atoms with E-state index in [0.717, 1.165) is 11.1 Å². The average molecular weight is 453 g/mol. The smallest absolute Gasteiger partial charge is 0.265 e. The summed E-state index contributed by atoms with van der Waals surface area (Å²) in [5, 5.41) is 0. The Bertz CT molecular complexity index is 1240. The third kappa shape index (κ3) is 4.70. The molecule has 1 amide bonds. The third-order valence-electron chi connectivity index (χ3n) is 5.29. The van der Waals surface area contributed by atoms with Gasteiger partial charge in [-0.2, -0.15) is 0 Å². The van der Waals surface area contributed by atoms with Crippen molar-refractivity contribution in [2.45, 2.75) is 18.7 Å². The molecule has 0 bridgehead atoms. The van der Waals surface area contributed by atoms with Crippen LogP contribution in [0.15, 0.2) is 71.6 Å². The molecule has 0 atom stereocenters. The molecule has 0 unspecified atom stereocenters. The number of nitrogens with zero attached hydrogens (tertiary/aromatic N) is 1. The number of amides is 1. The second-order valence-electron chi connectivity index (χ2n) is 7.53. The zero-order chi connectivity index (χ0) is 22.7. The van der Waals surface area contributed by atoms with Gasteiger partial charge in [-0.1, -0.05) is 18.2 Å². The predicted molar refractivity (Wildman–Crippen MR) is 123 cm³/mol. The van der Waals surface area contributed by atoms with Crippen molar-refractivity contribution in [2.75, 3.05) is 29.4 Å². The lowest BCUT2D eigenvalue weighted by molar-refractivity contribution is -0.120. The van der Waals surface area contributed by atoms with E-state index in [1.54, 1.807) is 17.0 Å². The predicted octanol–water partition coefficient (Wildman–Crippen LogP) is 3.91. The Balaban J connectivity index is 1.39. The highest BCUT2D eigenvalue weighted by Crippen LogP contribution is 2.31. The van der Waals surface area contributed by atoms with E-state index in [1.807, 2.05) is 44.2 Å². The number of rotatable bonds is 6. The first-order chi connectivity index (χ1) is 15.3. The number of aryl methyl sites for hydroxylation is 2. The maximum atomic E-state index is 12.7. The molecule has 166 valence electrons. The lowest BCUT2D eigenvalue weighted by atomic mass is 10.1. The summed E-state index contributed by atoms with van der Waals surface area (Å²) in [6.45, 7) is 4.59. The van der Waals surface area contributed by atoms with Gasteiger partial charge in [-0.25, -0.2) is 8.42 Å². The number of sulfonamides is 1. The Morgan fingerprint density at radius 3 is 2.53 bits per heavy atom. The molecule has 32 heavy (non-hydrogen) atoms. The van der Waals surface area contributed by atoms with Gasteiger partial charge in [0.2, 0.25) is 0 Å². The van der Waals surface area contributed by atoms with Gasteiger partial charge in [0.05, 0.1) is 17.1 Å². The molecule has 8 heteroatoms. The molecular weight excluding hydrogens is 428 g/mol. The molecule has 1 aliphatic rings. The van der Waals surface area contributed by atoms with Gasteiger partial charge >= 0.3 is 0 Å². The van der Waals surface area contributed by atoms with Gasteiger partial charge in [0, 0.05) is 5.69 Å². The molecule has 0 saturated heterocycles. The number of para-hydroxylation sites is 2. The first-order valence-corrected chi connectivity index (χ1v) is 11.7. The fourth-order valence-corrected chi connectivity index (χ4v) is 4.44. The molecule has 1 N–H and O–H groups in total. The molecule has 0 radical (unpaired) electrons. The molecule has 1 heterocycles. The SMILES string of the molecule is Cc1ccc(NS(=O)(=O)c2ccc(OCC(=O)N3CCOc4ccccc43)cc2)cc1C. The molecule has 0 aliphatic carbocycles. The van der Waals surface area contributed by atoms with Crippen molar-refractivity contribution in [1.82, 2.24) is 0 Å². The lowest BCUT2D eigenvalue weighted by Crippen LogP contribution is -2.40. The summed E-state index contributed by atoms with van der Waals surface area (Å²) in [4.78, 5) is 14.4. The molecule has 0 spiro atoms. The minimum Gasteiger partial charge on any atom is -0.490 e. The van der Waals surface area contributed by atoms with E-state index in [-0.39, 0.29) is 17.4 Å². The highest BCUT2D eigenvalue weighted by atomic mass is 32.2.